The molecular formula is C68H129NO5. The molecule has 0 aromatic carbocycles. The summed E-state index contributed by atoms with van der Waals surface area (Å²) in [5.41, 5.74) is 0. The van der Waals surface area contributed by atoms with Crippen molar-refractivity contribution in [3.05, 3.63) is 36.5 Å². The van der Waals surface area contributed by atoms with E-state index in [1.165, 1.54) is 276 Å². The van der Waals surface area contributed by atoms with Gasteiger partial charge in [0.1, 0.15) is 0 Å². The number of allylic oxidation sites excluding steroid dienone is 6. The molecule has 0 aliphatic rings. The van der Waals surface area contributed by atoms with Crippen LogP contribution in [0.15, 0.2) is 36.5 Å². The van der Waals surface area contributed by atoms with Crippen LogP contribution >= 0.6 is 0 Å². The van der Waals surface area contributed by atoms with E-state index in [4.69, 9.17) is 4.74 Å². The van der Waals surface area contributed by atoms with E-state index in [0.717, 1.165) is 51.4 Å². The lowest BCUT2D eigenvalue weighted by Gasteiger charge is -2.22. The Balaban J connectivity index is 3.33. The van der Waals surface area contributed by atoms with Gasteiger partial charge < -0.3 is 20.3 Å². The number of carbonyl (C=O) groups is 2. The smallest absolute Gasteiger partial charge is 0.305 e. The number of ether oxygens (including phenoxy) is 1. The first-order chi connectivity index (χ1) is 36.5. The Morgan fingerprint density at radius 2 is 0.689 bits per heavy atom. The van der Waals surface area contributed by atoms with Gasteiger partial charge in [0.2, 0.25) is 5.91 Å². The normalized spacial score (nSPS) is 12.8. The third kappa shape index (κ3) is 59.3. The topological polar surface area (TPSA) is 95.9 Å². The van der Waals surface area contributed by atoms with Gasteiger partial charge in [-0.3, -0.25) is 9.59 Å². The highest BCUT2D eigenvalue weighted by molar-refractivity contribution is 5.76. The fourth-order valence-electron chi connectivity index (χ4n) is 10.3. The summed E-state index contributed by atoms with van der Waals surface area (Å²) in [5, 5.41) is 23.2. The summed E-state index contributed by atoms with van der Waals surface area (Å²) in [6.07, 6.45) is 80.5. The molecule has 6 nitrogen and oxygen atoms in total. The molecule has 6 heteroatoms. The Morgan fingerprint density at radius 1 is 0.378 bits per heavy atom. The zero-order valence-corrected chi connectivity index (χ0v) is 49.8. The van der Waals surface area contributed by atoms with Crippen LogP contribution < -0.4 is 5.32 Å². The molecule has 3 N–H and O–H groups in total. The standard InChI is InChI=1S/C68H129NO5/c1-3-5-7-9-11-13-15-16-39-42-46-50-54-58-62-68(73)74-63-59-55-51-47-43-40-37-35-33-31-29-27-25-23-21-19-17-18-20-22-24-26-28-30-32-34-36-38-41-45-49-53-57-61-67(72)69-65(64-70)66(71)60-56-52-48-44-14-12-10-8-6-4-2/h9,11,15-16,21,23,65-66,70-71H,3-8,10,12-14,17-20,22,24-64H2,1-2H3,(H,69,72)/b11-9-,16-15-,23-21-. The van der Waals surface area contributed by atoms with Gasteiger partial charge in [0.25, 0.3) is 0 Å². The van der Waals surface area contributed by atoms with E-state index in [-0.39, 0.29) is 18.5 Å². The minimum Gasteiger partial charge on any atom is -0.466 e. The van der Waals surface area contributed by atoms with Gasteiger partial charge in [-0.15, -0.1) is 0 Å². The number of amides is 1. The summed E-state index contributed by atoms with van der Waals surface area (Å²) >= 11 is 0. The van der Waals surface area contributed by atoms with Crippen molar-refractivity contribution in [2.75, 3.05) is 13.2 Å². The van der Waals surface area contributed by atoms with Crippen molar-refractivity contribution >= 4 is 11.9 Å². The Bertz CT molecular complexity index is 1200. The molecule has 0 aliphatic heterocycles. The predicted octanol–water partition coefficient (Wildman–Crippen LogP) is 21.1. The average Bonchev–Trinajstić information content (AvgIpc) is 3.40. The van der Waals surface area contributed by atoms with Crippen molar-refractivity contribution in [2.45, 2.75) is 373 Å². The van der Waals surface area contributed by atoms with Crippen LogP contribution in [0, 0.1) is 0 Å². The minimum atomic E-state index is -0.660. The second-order valence-corrected chi connectivity index (χ2v) is 22.8. The number of rotatable bonds is 62. The predicted molar refractivity (Wildman–Crippen MR) is 324 cm³/mol. The van der Waals surface area contributed by atoms with Gasteiger partial charge in [-0.25, -0.2) is 0 Å². The Hall–Kier alpha value is -1.92. The molecule has 436 valence electrons. The third-order valence-electron chi connectivity index (χ3n) is 15.4. The molecule has 0 spiro atoms. The van der Waals surface area contributed by atoms with Crippen molar-refractivity contribution < 1.29 is 24.5 Å². The summed E-state index contributed by atoms with van der Waals surface area (Å²) < 4.78 is 5.48. The van der Waals surface area contributed by atoms with Crippen LogP contribution in [-0.4, -0.2) is 47.4 Å². The highest BCUT2D eigenvalue weighted by atomic mass is 16.5. The third-order valence-corrected chi connectivity index (χ3v) is 15.4. The lowest BCUT2D eigenvalue weighted by atomic mass is 10.0. The van der Waals surface area contributed by atoms with Crippen molar-refractivity contribution in [1.29, 1.82) is 0 Å². The number of unbranched alkanes of at least 4 members (excludes halogenated alkanes) is 45. The first-order valence-corrected chi connectivity index (χ1v) is 33.2. The average molecular weight is 1040 g/mol. The first kappa shape index (κ1) is 72.1. The number of esters is 1. The van der Waals surface area contributed by atoms with Crippen LogP contribution in [-0.2, 0) is 14.3 Å². The van der Waals surface area contributed by atoms with Gasteiger partial charge in [0, 0.05) is 12.8 Å². The molecule has 0 rings (SSSR count). The van der Waals surface area contributed by atoms with E-state index < -0.39 is 12.1 Å². The number of nitrogens with one attached hydrogen (secondary N) is 1. The molecular weight excluding hydrogens is 911 g/mol. The number of aliphatic hydroxyl groups is 2. The molecule has 0 radical (unpaired) electrons. The summed E-state index contributed by atoms with van der Waals surface area (Å²) in [7, 11) is 0. The van der Waals surface area contributed by atoms with Crippen molar-refractivity contribution in [1.82, 2.24) is 5.32 Å². The van der Waals surface area contributed by atoms with E-state index in [0.29, 0.717) is 25.9 Å². The lowest BCUT2D eigenvalue weighted by Crippen LogP contribution is -2.45. The van der Waals surface area contributed by atoms with E-state index in [1.54, 1.807) is 0 Å². The van der Waals surface area contributed by atoms with Gasteiger partial charge in [-0.05, 0) is 77.0 Å². The zero-order chi connectivity index (χ0) is 53.6. The largest absolute Gasteiger partial charge is 0.466 e. The first-order valence-electron chi connectivity index (χ1n) is 33.2. The van der Waals surface area contributed by atoms with Gasteiger partial charge in [-0.1, -0.05) is 307 Å². The maximum absolute atomic E-state index is 12.4. The minimum absolute atomic E-state index is 0.00400. The molecule has 0 aromatic rings. The highest BCUT2D eigenvalue weighted by Crippen LogP contribution is 2.18. The zero-order valence-electron chi connectivity index (χ0n) is 49.8. The van der Waals surface area contributed by atoms with Crippen molar-refractivity contribution in [3.8, 4) is 0 Å². The van der Waals surface area contributed by atoms with E-state index >= 15 is 0 Å². The summed E-state index contributed by atoms with van der Waals surface area (Å²) in [4.78, 5) is 24.5. The van der Waals surface area contributed by atoms with Crippen LogP contribution in [0.2, 0.25) is 0 Å². The molecule has 74 heavy (non-hydrogen) atoms. The monoisotopic (exact) mass is 1040 g/mol. The maximum atomic E-state index is 12.4. The van der Waals surface area contributed by atoms with E-state index in [1.807, 2.05) is 0 Å². The van der Waals surface area contributed by atoms with E-state index in [9.17, 15) is 19.8 Å². The summed E-state index contributed by atoms with van der Waals surface area (Å²) in [6.45, 7) is 4.91. The van der Waals surface area contributed by atoms with Gasteiger partial charge in [-0.2, -0.15) is 0 Å². The van der Waals surface area contributed by atoms with Gasteiger partial charge in [0.15, 0.2) is 0 Å². The number of aliphatic hydroxyl groups excluding tert-OH is 2. The fourth-order valence-corrected chi connectivity index (χ4v) is 10.3. The Labute approximate surface area is 462 Å². The molecule has 0 fully saturated rings. The molecule has 1 amide bonds. The maximum Gasteiger partial charge on any atom is 0.305 e. The second kappa shape index (κ2) is 63.6. The Kier molecular flexibility index (Phi) is 62.0. The second-order valence-electron chi connectivity index (χ2n) is 22.8. The van der Waals surface area contributed by atoms with Crippen LogP contribution in [0.3, 0.4) is 0 Å². The summed E-state index contributed by atoms with van der Waals surface area (Å²) in [5.74, 6) is -0.0284. The molecule has 0 saturated heterocycles. The fraction of sp³-hybridized carbons (Fsp3) is 0.882. The van der Waals surface area contributed by atoms with E-state index in [2.05, 4.69) is 55.6 Å². The molecule has 0 aromatic heterocycles. The van der Waals surface area contributed by atoms with Crippen molar-refractivity contribution in [3.63, 3.8) is 0 Å². The molecule has 2 unspecified atom stereocenters. The molecule has 0 saturated carbocycles. The molecule has 0 aliphatic carbocycles. The SMILES string of the molecule is CCCC/C=C\C/C=C\CCCCCCCC(=O)OCCCCCCCCCCCCCC/C=C\CCCCCCCCCCCCCCCCCCCC(=O)NC(CO)C(O)CCCCCCCCCCCC. The number of carbonyl (C=O) groups excluding carboxylic acids is 2. The van der Waals surface area contributed by atoms with Gasteiger partial charge >= 0.3 is 5.97 Å². The van der Waals surface area contributed by atoms with Crippen LogP contribution in [0.25, 0.3) is 0 Å². The lowest BCUT2D eigenvalue weighted by molar-refractivity contribution is -0.143. The van der Waals surface area contributed by atoms with Crippen LogP contribution in [0.1, 0.15) is 361 Å². The van der Waals surface area contributed by atoms with Crippen LogP contribution in [0.4, 0.5) is 0 Å². The summed E-state index contributed by atoms with van der Waals surface area (Å²) in [6, 6.07) is -0.537. The van der Waals surface area contributed by atoms with Crippen LogP contribution in [0.5, 0.6) is 0 Å². The Morgan fingerprint density at radius 3 is 1.08 bits per heavy atom. The van der Waals surface area contributed by atoms with Crippen molar-refractivity contribution in [2.24, 2.45) is 0 Å². The number of hydrogen-bond acceptors (Lipinski definition) is 5. The number of hydrogen-bond donors (Lipinski definition) is 3. The quantitative estimate of drug-likeness (QED) is 0.0320. The molecule has 2 atom stereocenters. The van der Waals surface area contributed by atoms with Gasteiger partial charge in [0.05, 0.1) is 25.4 Å². The molecule has 0 heterocycles. The highest BCUT2D eigenvalue weighted by Gasteiger charge is 2.20. The molecule has 0 bridgehead atoms.